The number of hydrogen-bond acceptors (Lipinski definition) is 6. The number of anilines is 1. The Kier molecular flexibility index (Phi) is 4.36. The van der Waals surface area contributed by atoms with Crippen molar-refractivity contribution in [2.24, 2.45) is 0 Å². The summed E-state index contributed by atoms with van der Waals surface area (Å²) in [7, 11) is 0. The molecule has 5 rings (SSSR count). The van der Waals surface area contributed by atoms with E-state index in [0.717, 1.165) is 4.90 Å². The number of para-hydroxylation sites is 1. The normalized spacial score (nSPS) is 13.0. The number of benzene rings is 3. The van der Waals surface area contributed by atoms with Crippen molar-refractivity contribution in [3.63, 3.8) is 0 Å². The molecule has 0 spiro atoms. The lowest BCUT2D eigenvalue weighted by molar-refractivity contribution is 0.0926. The molecule has 0 atom stereocenters. The van der Waals surface area contributed by atoms with E-state index >= 15 is 0 Å². The number of fused-ring (bicyclic) bond motifs is 2. The zero-order valence-corrected chi connectivity index (χ0v) is 16.5. The summed E-state index contributed by atoms with van der Waals surface area (Å²) in [4.78, 5) is 43.7. The summed E-state index contributed by atoms with van der Waals surface area (Å²) in [5, 5.41) is 0.375. The molecule has 0 N–H and O–H groups in total. The van der Waals surface area contributed by atoms with Gasteiger partial charge in [0.15, 0.2) is 0 Å². The van der Waals surface area contributed by atoms with Crippen LogP contribution in [0.3, 0.4) is 0 Å². The van der Waals surface area contributed by atoms with Crippen LogP contribution in [0.25, 0.3) is 22.4 Å². The van der Waals surface area contributed by atoms with Crippen molar-refractivity contribution in [1.29, 1.82) is 0 Å². The average Bonchev–Trinajstić information content (AvgIpc) is 3.04. The minimum absolute atomic E-state index is 0.0891. The van der Waals surface area contributed by atoms with Gasteiger partial charge in [-0.25, -0.2) is 14.7 Å². The third-order valence-corrected chi connectivity index (χ3v) is 5.07. The van der Waals surface area contributed by atoms with E-state index in [9.17, 15) is 14.4 Å². The van der Waals surface area contributed by atoms with E-state index < -0.39 is 17.4 Å². The van der Waals surface area contributed by atoms with Crippen LogP contribution in [0.1, 0.15) is 27.6 Å². The number of aromatic nitrogens is 1. The Morgan fingerprint density at radius 3 is 2.42 bits per heavy atom. The van der Waals surface area contributed by atoms with Gasteiger partial charge in [-0.05, 0) is 61.5 Å². The van der Waals surface area contributed by atoms with Gasteiger partial charge < -0.3 is 9.15 Å². The number of amides is 2. The molecular formula is C24H16N2O5. The molecule has 1 aromatic heterocycles. The lowest BCUT2D eigenvalue weighted by atomic mass is 10.1. The van der Waals surface area contributed by atoms with Crippen molar-refractivity contribution in [1.82, 2.24) is 4.98 Å². The molecule has 2 heterocycles. The molecule has 1 aliphatic heterocycles. The molecule has 0 bridgehead atoms. The zero-order chi connectivity index (χ0) is 21.5. The van der Waals surface area contributed by atoms with Crippen molar-refractivity contribution in [3.05, 3.63) is 88.3 Å². The first-order chi connectivity index (χ1) is 15.1. The van der Waals surface area contributed by atoms with E-state index in [4.69, 9.17) is 9.15 Å². The molecule has 31 heavy (non-hydrogen) atoms. The predicted octanol–water partition coefficient (Wildman–Crippen LogP) is 4.05. The summed E-state index contributed by atoms with van der Waals surface area (Å²) in [6.45, 7) is 2.40. The van der Waals surface area contributed by atoms with Gasteiger partial charge in [-0.3, -0.25) is 9.59 Å². The van der Waals surface area contributed by atoms with Crippen LogP contribution in [0.2, 0.25) is 0 Å². The number of hydrogen-bond donors (Lipinski definition) is 0. The highest BCUT2D eigenvalue weighted by atomic mass is 16.5. The number of nitrogens with zero attached hydrogens (tertiary/aromatic N) is 2. The maximum Gasteiger partial charge on any atom is 0.347 e. The van der Waals surface area contributed by atoms with Crippen LogP contribution in [0.15, 0.2) is 75.9 Å². The maximum atomic E-state index is 13.0. The van der Waals surface area contributed by atoms with E-state index in [2.05, 4.69) is 4.98 Å². The Labute approximate surface area is 176 Å². The highest BCUT2D eigenvalue weighted by Crippen LogP contribution is 2.32. The second-order valence-corrected chi connectivity index (χ2v) is 6.96. The van der Waals surface area contributed by atoms with Crippen LogP contribution in [0, 0.1) is 0 Å². The van der Waals surface area contributed by atoms with Gasteiger partial charge in [-0.15, -0.1) is 0 Å². The van der Waals surface area contributed by atoms with Crippen LogP contribution in [0.4, 0.5) is 5.69 Å². The standard InChI is InChI=1S/C24H16N2O5/c1-2-30-16-10-8-15(9-11-16)26-22(27)17-12-7-14(13-19(17)23(26)28)21-25-20-6-4-3-5-18(20)24(29)31-21/h3-13H,2H2,1H3. The first kappa shape index (κ1) is 18.7. The number of imide groups is 1. The molecule has 152 valence electrons. The van der Waals surface area contributed by atoms with Gasteiger partial charge in [0.25, 0.3) is 11.8 Å². The fraction of sp³-hybridized carbons (Fsp3) is 0.0833. The first-order valence-corrected chi connectivity index (χ1v) is 9.73. The lowest BCUT2D eigenvalue weighted by Gasteiger charge is -2.14. The van der Waals surface area contributed by atoms with Crippen LogP contribution in [0.5, 0.6) is 5.75 Å². The van der Waals surface area contributed by atoms with Crippen LogP contribution >= 0.6 is 0 Å². The van der Waals surface area contributed by atoms with Gasteiger partial charge in [-0.2, -0.15) is 0 Å². The topological polar surface area (TPSA) is 89.7 Å². The molecule has 7 nitrogen and oxygen atoms in total. The number of carbonyl (C=O) groups is 2. The fourth-order valence-electron chi connectivity index (χ4n) is 3.61. The molecule has 0 saturated carbocycles. The summed E-state index contributed by atoms with van der Waals surface area (Å²) in [6.07, 6.45) is 0. The molecule has 7 heteroatoms. The van der Waals surface area contributed by atoms with E-state index in [1.807, 2.05) is 6.92 Å². The molecule has 0 unspecified atom stereocenters. The SMILES string of the molecule is CCOc1ccc(N2C(=O)c3ccc(-c4nc5ccccc5c(=O)o4)cc3C2=O)cc1. The minimum atomic E-state index is -0.514. The van der Waals surface area contributed by atoms with Gasteiger partial charge in [-0.1, -0.05) is 12.1 Å². The van der Waals surface area contributed by atoms with E-state index in [0.29, 0.717) is 34.5 Å². The Balaban J connectivity index is 1.54. The number of ether oxygens (including phenoxy) is 1. The molecule has 1 aliphatic rings. The van der Waals surface area contributed by atoms with Crippen molar-refractivity contribution >= 4 is 28.4 Å². The fourth-order valence-corrected chi connectivity index (χ4v) is 3.61. The minimum Gasteiger partial charge on any atom is -0.494 e. The van der Waals surface area contributed by atoms with E-state index in [-0.39, 0.29) is 17.0 Å². The molecule has 3 aromatic carbocycles. The average molecular weight is 412 g/mol. The maximum absolute atomic E-state index is 13.0. The molecule has 0 fully saturated rings. The molecule has 0 aliphatic carbocycles. The van der Waals surface area contributed by atoms with Gasteiger partial charge in [0, 0.05) is 5.56 Å². The lowest BCUT2D eigenvalue weighted by Crippen LogP contribution is -2.29. The van der Waals surface area contributed by atoms with Gasteiger partial charge >= 0.3 is 5.63 Å². The molecule has 0 radical (unpaired) electrons. The van der Waals surface area contributed by atoms with E-state index in [1.165, 1.54) is 6.07 Å². The van der Waals surface area contributed by atoms with Crippen molar-refractivity contribution in [2.45, 2.75) is 6.92 Å². The van der Waals surface area contributed by atoms with Crippen molar-refractivity contribution in [3.8, 4) is 17.2 Å². The summed E-state index contributed by atoms with van der Waals surface area (Å²) in [5.41, 5.74) is 1.38. The highest BCUT2D eigenvalue weighted by Gasteiger charge is 2.37. The number of carbonyl (C=O) groups excluding carboxylic acids is 2. The van der Waals surface area contributed by atoms with E-state index in [1.54, 1.807) is 60.7 Å². The third-order valence-electron chi connectivity index (χ3n) is 5.07. The summed E-state index contributed by atoms with van der Waals surface area (Å²) in [5.74, 6) is -0.119. The first-order valence-electron chi connectivity index (χ1n) is 9.73. The second-order valence-electron chi connectivity index (χ2n) is 6.96. The second kappa shape index (κ2) is 7.21. The van der Waals surface area contributed by atoms with Crippen molar-refractivity contribution in [2.75, 3.05) is 11.5 Å². The molecule has 2 amide bonds. The van der Waals surface area contributed by atoms with Gasteiger partial charge in [0.1, 0.15) is 5.75 Å². The summed E-state index contributed by atoms with van der Waals surface area (Å²) in [6, 6.07) is 18.3. The van der Waals surface area contributed by atoms with Crippen LogP contribution in [-0.2, 0) is 0 Å². The van der Waals surface area contributed by atoms with Gasteiger partial charge in [0.2, 0.25) is 5.89 Å². The Bertz CT molecular complexity index is 1410. The molecular weight excluding hydrogens is 396 g/mol. The summed E-state index contributed by atoms with van der Waals surface area (Å²) >= 11 is 0. The summed E-state index contributed by atoms with van der Waals surface area (Å²) < 4.78 is 10.8. The van der Waals surface area contributed by atoms with Crippen molar-refractivity contribution < 1.29 is 18.7 Å². The number of rotatable bonds is 4. The molecule has 4 aromatic rings. The smallest absolute Gasteiger partial charge is 0.347 e. The zero-order valence-electron chi connectivity index (χ0n) is 16.5. The van der Waals surface area contributed by atoms with Crippen LogP contribution < -0.4 is 15.3 Å². The monoisotopic (exact) mass is 412 g/mol. The Hall–Kier alpha value is -4.26. The Morgan fingerprint density at radius 1 is 0.903 bits per heavy atom. The largest absolute Gasteiger partial charge is 0.494 e. The van der Waals surface area contributed by atoms with Gasteiger partial charge in [0.05, 0.1) is 34.3 Å². The predicted molar refractivity (Wildman–Crippen MR) is 114 cm³/mol. The highest BCUT2D eigenvalue weighted by molar-refractivity contribution is 6.34. The Morgan fingerprint density at radius 2 is 1.65 bits per heavy atom. The van der Waals surface area contributed by atoms with Crippen LogP contribution in [-0.4, -0.2) is 23.4 Å². The quantitative estimate of drug-likeness (QED) is 0.470. The third kappa shape index (κ3) is 3.07. The molecule has 0 saturated heterocycles.